The molecule has 3 N–H and O–H groups in total. The van der Waals surface area contributed by atoms with Crippen LogP contribution in [0.3, 0.4) is 0 Å². The minimum atomic E-state index is -0.474. The highest BCUT2D eigenvalue weighted by Crippen LogP contribution is 2.25. The van der Waals surface area contributed by atoms with Crippen molar-refractivity contribution in [1.29, 1.82) is 0 Å². The Labute approximate surface area is 171 Å². The first-order valence-electron chi connectivity index (χ1n) is 10.3. The molecule has 6 heteroatoms. The van der Waals surface area contributed by atoms with E-state index in [9.17, 15) is 9.59 Å². The minimum Gasteiger partial charge on any atom is -0.352 e. The fourth-order valence-corrected chi connectivity index (χ4v) is 4.76. The molecular formula is C22H31N3O2S. The summed E-state index contributed by atoms with van der Waals surface area (Å²) in [6.45, 7) is 6.09. The van der Waals surface area contributed by atoms with Crippen LogP contribution in [0.1, 0.15) is 44.4 Å². The van der Waals surface area contributed by atoms with E-state index in [4.69, 9.17) is 0 Å². The van der Waals surface area contributed by atoms with Crippen LogP contribution in [0.15, 0.2) is 30.3 Å². The van der Waals surface area contributed by atoms with E-state index in [1.54, 1.807) is 11.3 Å². The number of carbonyl (C=O) groups is 2. The Morgan fingerprint density at radius 2 is 2.04 bits per heavy atom. The monoisotopic (exact) mass is 401 g/mol. The van der Waals surface area contributed by atoms with Gasteiger partial charge < -0.3 is 16.0 Å². The zero-order valence-electron chi connectivity index (χ0n) is 16.8. The van der Waals surface area contributed by atoms with E-state index in [1.807, 2.05) is 12.1 Å². The molecule has 0 radical (unpaired) electrons. The third-order valence-electron chi connectivity index (χ3n) is 5.09. The zero-order chi connectivity index (χ0) is 19.9. The van der Waals surface area contributed by atoms with Gasteiger partial charge in [0.05, 0.1) is 6.42 Å². The van der Waals surface area contributed by atoms with Crippen molar-refractivity contribution in [2.24, 2.45) is 5.92 Å². The first-order valence-corrected chi connectivity index (χ1v) is 11.1. The van der Waals surface area contributed by atoms with Gasteiger partial charge in [-0.05, 0) is 62.2 Å². The molecule has 28 heavy (non-hydrogen) atoms. The van der Waals surface area contributed by atoms with Crippen molar-refractivity contribution in [1.82, 2.24) is 16.0 Å². The van der Waals surface area contributed by atoms with E-state index in [2.05, 4.69) is 48.0 Å². The van der Waals surface area contributed by atoms with Crippen molar-refractivity contribution in [2.45, 2.75) is 58.0 Å². The van der Waals surface area contributed by atoms with E-state index in [0.29, 0.717) is 18.8 Å². The van der Waals surface area contributed by atoms with Crippen LogP contribution in [0.2, 0.25) is 0 Å². The Balaban J connectivity index is 1.60. The van der Waals surface area contributed by atoms with Crippen molar-refractivity contribution >= 4 is 33.2 Å². The molecule has 1 aliphatic heterocycles. The molecule has 2 atom stereocenters. The minimum absolute atomic E-state index is 0.0507. The van der Waals surface area contributed by atoms with Gasteiger partial charge in [-0.2, -0.15) is 0 Å². The van der Waals surface area contributed by atoms with E-state index >= 15 is 0 Å². The van der Waals surface area contributed by atoms with E-state index in [-0.39, 0.29) is 17.9 Å². The maximum absolute atomic E-state index is 12.8. The molecule has 152 valence electrons. The number of fused-ring (bicyclic) bond motifs is 1. The number of thiophene rings is 1. The highest BCUT2D eigenvalue weighted by atomic mass is 32.1. The van der Waals surface area contributed by atoms with Crippen LogP contribution in [-0.4, -0.2) is 37.0 Å². The number of benzene rings is 1. The van der Waals surface area contributed by atoms with Crippen LogP contribution >= 0.6 is 11.3 Å². The number of hydrogen-bond acceptors (Lipinski definition) is 4. The molecule has 3 rings (SSSR count). The third kappa shape index (κ3) is 6.04. The van der Waals surface area contributed by atoms with Crippen molar-refractivity contribution in [3.05, 3.63) is 35.2 Å². The molecule has 1 aromatic carbocycles. The molecule has 1 saturated heterocycles. The van der Waals surface area contributed by atoms with Crippen LogP contribution in [0.25, 0.3) is 10.1 Å². The summed E-state index contributed by atoms with van der Waals surface area (Å²) in [4.78, 5) is 26.5. The molecule has 2 heterocycles. The summed E-state index contributed by atoms with van der Waals surface area (Å²) < 4.78 is 1.18. The van der Waals surface area contributed by atoms with E-state index in [1.165, 1.54) is 4.70 Å². The Morgan fingerprint density at radius 1 is 1.21 bits per heavy atom. The Morgan fingerprint density at radius 3 is 2.82 bits per heavy atom. The summed E-state index contributed by atoms with van der Waals surface area (Å²) in [6, 6.07) is 9.92. The predicted octanol–water partition coefficient (Wildman–Crippen LogP) is 3.23. The van der Waals surface area contributed by atoms with Crippen molar-refractivity contribution in [3.63, 3.8) is 0 Å². The van der Waals surface area contributed by atoms with Crippen LogP contribution in [0, 0.1) is 5.92 Å². The van der Waals surface area contributed by atoms with Crippen LogP contribution in [-0.2, 0) is 16.0 Å². The van der Waals surface area contributed by atoms with Gasteiger partial charge in [0.2, 0.25) is 11.8 Å². The van der Waals surface area contributed by atoms with Crippen molar-refractivity contribution < 1.29 is 9.59 Å². The standard InChI is InChI=1S/C22H31N3O2S/c1-15(2)12-19(22(27)24-17-7-5-10-23-11-9-17)25-21(26)14-18-13-16-6-3-4-8-20(16)28-18/h3-4,6,8,13,15,17,19,23H,5,7,9-12,14H2,1-2H3,(H,24,27)(H,25,26)/t17?,19-/m0/s1. The second-order valence-corrected chi connectivity index (χ2v) is 9.23. The summed E-state index contributed by atoms with van der Waals surface area (Å²) in [7, 11) is 0. The second kappa shape index (κ2) is 10.0. The lowest BCUT2D eigenvalue weighted by molar-refractivity contribution is -0.129. The smallest absolute Gasteiger partial charge is 0.242 e. The number of carbonyl (C=O) groups excluding carboxylic acids is 2. The van der Waals surface area contributed by atoms with E-state index in [0.717, 1.165) is 42.6 Å². The molecule has 0 saturated carbocycles. The summed E-state index contributed by atoms with van der Waals surface area (Å²) in [5.74, 6) is 0.191. The normalized spacial score (nSPS) is 18.6. The van der Waals surface area contributed by atoms with Crippen LogP contribution in [0.4, 0.5) is 0 Å². The lowest BCUT2D eigenvalue weighted by Crippen LogP contribution is -2.50. The molecule has 0 spiro atoms. The molecular weight excluding hydrogens is 370 g/mol. The molecule has 1 unspecified atom stereocenters. The fourth-order valence-electron chi connectivity index (χ4n) is 3.70. The largest absolute Gasteiger partial charge is 0.352 e. The second-order valence-electron chi connectivity index (χ2n) is 8.06. The SMILES string of the molecule is CC(C)C[C@H](NC(=O)Cc1cc2ccccc2s1)C(=O)NC1CCCNCC1. The number of rotatable bonds is 7. The highest BCUT2D eigenvalue weighted by Gasteiger charge is 2.25. The average molecular weight is 402 g/mol. The number of amides is 2. The third-order valence-corrected chi connectivity index (χ3v) is 6.21. The van der Waals surface area contributed by atoms with Gasteiger partial charge in [0.25, 0.3) is 0 Å². The van der Waals surface area contributed by atoms with Crippen LogP contribution < -0.4 is 16.0 Å². The van der Waals surface area contributed by atoms with Gasteiger partial charge in [-0.15, -0.1) is 11.3 Å². The number of hydrogen-bond donors (Lipinski definition) is 3. The van der Waals surface area contributed by atoms with Gasteiger partial charge >= 0.3 is 0 Å². The lowest BCUT2D eigenvalue weighted by atomic mass is 10.0. The predicted molar refractivity (Wildman–Crippen MR) is 116 cm³/mol. The maximum Gasteiger partial charge on any atom is 0.242 e. The first-order chi connectivity index (χ1) is 13.5. The molecule has 0 aliphatic carbocycles. The quantitative estimate of drug-likeness (QED) is 0.667. The maximum atomic E-state index is 12.8. The molecule has 2 amide bonds. The van der Waals surface area contributed by atoms with Gasteiger partial charge in [0.1, 0.15) is 6.04 Å². The number of nitrogens with one attached hydrogen (secondary N) is 3. The van der Waals surface area contributed by atoms with Gasteiger partial charge in [0, 0.05) is 15.6 Å². The fraction of sp³-hybridized carbons (Fsp3) is 0.545. The Kier molecular flexibility index (Phi) is 7.45. The molecule has 1 aliphatic rings. The van der Waals surface area contributed by atoms with Crippen molar-refractivity contribution in [3.8, 4) is 0 Å². The van der Waals surface area contributed by atoms with Gasteiger partial charge in [-0.25, -0.2) is 0 Å². The highest BCUT2D eigenvalue weighted by molar-refractivity contribution is 7.19. The van der Waals surface area contributed by atoms with Gasteiger partial charge in [-0.3, -0.25) is 9.59 Å². The summed E-state index contributed by atoms with van der Waals surface area (Å²) in [5, 5.41) is 10.7. The Hall–Kier alpha value is -1.92. The topological polar surface area (TPSA) is 70.2 Å². The zero-order valence-corrected chi connectivity index (χ0v) is 17.6. The molecule has 1 fully saturated rings. The van der Waals surface area contributed by atoms with E-state index < -0.39 is 6.04 Å². The average Bonchev–Trinajstić information content (AvgIpc) is 2.87. The molecule has 0 bridgehead atoms. The lowest BCUT2D eigenvalue weighted by Gasteiger charge is -2.23. The van der Waals surface area contributed by atoms with Crippen molar-refractivity contribution in [2.75, 3.05) is 13.1 Å². The molecule has 5 nitrogen and oxygen atoms in total. The molecule has 1 aromatic heterocycles. The molecule has 2 aromatic rings. The summed E-state index contributed by atoms with van der Waals surface area (Å²) in [5.41, 5.74) is 0. The van der Waals surface area contributed by atoms with Gasteiger partial charge in [-0.1, -0.05) is 32.0 Å². The van der Waals surface area contributed by atoms with Crippen LogP contribution in [0.5, 0.6) is 0 Å². The Bertz CT molecular complexity index is 761. The summed E-state index contributed by atoms with van der Waals surface area (Å²) >= 11 is 1.64. The summed E-state index contributed by atoms with van der Waals surface area (Å²) in [6.07, 6.45) is 3.96. The van der Waals surface area contributed by atoms with Gasteiger partial charge in [0.15, 0.2) is 0 Å². The first kappa shape index (κ1) is 20.8.